The summed E-state index contributed by atoms with van der Waals surface area (Å²) in [5.41, 5.74) is 8.01. The molecular formula is C17H23N5O2. The van der Waals surface area contributed by atoms with E-state index >= 15 is 0 Å². The van der Waals surface area contributed by atoms with Gasteiger partial charge in [-0.1, -0.05) is 0 Å². The maximum Gasteiger partial charge on any atom is 0.316 e. The van der Waals surface area contributed by atoms with Crippen LogP contribution in [0, 0.1) is 0 Å². The molecular weight excluding hydrogens is 306 g/mol. The first kappa shape index (κ1) is 16.6. The van der Waals surface area contributed by atoms with Gasteiger partial charge < -0.3 is 15.2 Å². The highest BCUT2D eigenvalue weighted by atomic mass is 16.5. The molecule has 128 valence electrons. The van der Waals surface area contributed by atoms with Crippen LogP contribution in [0.5, 0.6) is 6.01 Å². The zero-order valence-electron chi connectivity index (χ0n) is 13.9. The maximum atomic E-state index is 5.89. The van der Waals surface area contributed by atoms with Gasteiger partial charge in [0, 0.05) is 43.8 Å². The van der Waals surface area contributed by atoms with E-state index in [0.717, 1.165) is 44.6 Å². The van der Waals surface area contributed by atoms with Crippen LogP contribution in [-0.4, -0.2) is 52.8 Å². The number of aryl methyl sites for hydroxylation is 1. The SMILES string of the molecule is COc1ncc(CN2CCOC(CCc3ccnc(N)c3)C2)cn1. The van der Waals surface area contributed by atoms with Gasteiger partial charge in [-0.2, -0.15) is 0 Å². The summed E-state index contributed by atoms with van der Waals surface area (Å²) >= 11 is 0. The third kappa shape index (κ3) is 4.62. The molecule has 24 heavy (non-hydrogen) atoms. The predicted molar refractivity (Wildman–Crippen MR) is 90.6 cm³/mol. The van der Waals surface area contributed by atoms with Gasteiger partial charge in [-0.25, -0.2) is 15.0 Å². The third-order valence-corrected chi connectivity index (χ3v) is 4.09. The lowest BCUT2D eigenvalue weighted by molar-refractivity contribution is -0.0346. The Balaban J connectivity index is 1.50. The molecule has 2 N–H and O–H groups in total. The Hall–Kier alpha value is -2.25. The summed E-state index contributed by atoms with van der Waals surface area (Å²) < 4.78 is 10.9. The Kier molecular flexibility index (Phi) is 5.55. The number of morpholine rings is 1. The van der Waals surface area contributed by atoms with E-state index in [-0.39, 0.29) is 6.10 Å². The van der Waals surface area contributed by atoms with Gasteiger partial charge >= 0.3 is 6.01 Å². The molecule has 1 fully saturated rings. The van der Waals surface area contributed by atoms with Crippen molar-refractivity contribution in [3.05, 3.63) is 41.9 Å². The van der Waals surface area contributed by atoms with Crippen molar-refractivity contribution in [3.8, 4) is 6.01 Å². The van der Waals surface area contributed by atoms with Gasteiger partial charge in [0.05, 0.1) is 19.8 Å². The normalized spacial score (nSPS) is 18.5. The Labute approximate surface area is 141 Å². The number of ether oxygens (including phenoxy) is 2. The molecule has 0 radical (unpaired) electrons. The lowest BCUT2D eigenvalue weighted by Gasteiger charge is -2.33. The van der Waals surface area contributed by atoms with E-state index in [1.165, 1.54) is 5.56 Å². The lowest BCUT2D eigenvalue weighted by atomic mass is 10.1. The van der Waals surface area contributed by atoms with Crippen LogP contribution in [0.25, 0.3) is 0 Å². The number of nitrogens with zero attached hydrogens (tertiary/aromatic N) is 4. The number of hydrogen-bond donors (Lipinski definition) is 1. The molecule has 7 heteroatoms. The molecule has 1 unspecified atom stereocenters. The molecule has 1 aliphatic rings. The monoisotopic (exact) mass is 329 g/mol. The highest BCUT2D eigenvalue weighted by Crippen LogP contribution is 2.15. The molecule has 2 aromatic heterocycles. The maximum absolute atomic E-state index is 5.89. The minimum Gasteiger partial charge on any atom is -0.467 e. The standard InChI is InChI=1S/C17H23N5O2/c1-23-17-20-9-14(10-21-17)11-22-6-7-24-15(12-22)3-2-13-4-5-19-16(18)8-13/h4-5,8-10,15H,2-3,6-7,11-12H2,1H3,(H2,18,19). The molecule has 0 aromatic carbocycles. The van der Waals surface area contributed by atoms with Crippen molar-refractivity contribution in [2.24, 2.45) is 0 Å². The van der Waals surface area contributed by atoms with Crippen molar-refractivity contribution in [2.45, 2.75) is 25.5 Å². The Morgan fingerprint density at radius 1 is 1.29 bits per heavy atom. The van der Waals surface area contributed by atoms with Gasteiger partial charge in [0.2, 0.25) is 0 Å². The zero-order valence-corrected chi connectivity index (χ0v) is 13.9. The average Bonchev–Trinajstić information content (AvgIpc) is 2.61. The Morgan fingerprint density at radius 2 is 2.12 bits per heavy atom. The molecule has 0 aliphatic carbocycles. The van der Waals surface area contributed by atoms with Gasteiger partial charge in [0.15, 0.2) is 0 Å². The van der Waals surface area contributed by atoms with Crippen molar-refractivity contribution in [2.75, 3.05) is 32.5 Å². The summed E-state index contributed by atoms with van der Waals surface area (Å²) in [6.07, 6.45) is 7.53. The van der Waals surface area contributed by atoms with Crippen LogP contribution in [0.4, 0.5) is 5.82 Å². The van der Waals surface area contributed by atoms with E-state index in [1.54, 1.807) is 13.3 Å². The average molecular weight is 329 g/mol. The van der Waals surface area contributed by atoms with Crippen molar-refractivity contribution in [3.63, 3.8) is 0 Å². The van der Waals surface area contributed by atoms with E-state index in [4.69, 9.17) is 15.2 Å². The fraction of sp³-hybridized carbons (Fsp3) is 0.471. The molecule has 3 heterocycles. The molecule has 1 saturated heterocycles. The minimum atomic E-state index is 0.229. The fourth-order valence-electron chi connectivity index (χ4n) is 2.86. The van der Waals surface area contributed by atoms with Crippen molar-refractivity contribution >= 4 is 5.82 Å². The molecule has 0 amide bonds. The largest absolute Gasteiger partial charge is 0.467 e. The highest BCUT2D eigenvalue weighted by Gasteiger charge is 2.20. The van der Waals surface area contributed by atoms with Crippen molar-refractivity contribution in [1.29, 1.82) is 0 Å². The van der Waals surface area contributed by atoms with Crippen LogP contribution in [-0.2, 0) is 17.7 Å². The van der Waals surface area contributed by atoms with Gasteiger partial charge in [-0.3, -0.25) is 4.90 Å². The van der Waals surface area contributed by atoms with E-state index < -0.39 is 0 Å². The number of nitrogen functional groups attached to an aromatic ring is 1. The van der Waals surface area contributed by atoms with E-state index in [2.05, 4.69) is 19.9 Å². The summed E-state index contributed by atoms with van der Waals surface area (Å²) in [6, 6.07) is 4.33. The second-order valence-corrected chi connectivity index (χ2v) is 5.93. The van der Waals surface area contributed by atoms with E-state index in [1.807, 2.05) is 24.5 Å². The Bertz CT molecular complexity index is 650. The molecule has 1 aliphatic heterocycles. The van der Waals surface area contributed by atoms with Gasteiger partial charge in [-0.05, 0) is 30.5 Å². The number of pyridine rings is 1. The highest BCUT2D eigenvalue weighted by molar-refractivity contribution is 5.31. The second kappa shape index (κ2) is 8.03. The van der Waals surface area contributed by atoms with Crippen LogP contribution in [0.1, 0.15) is 17.5 Å². The summed E-state index contributed by atoms with van der Waals surface area (Å²) in [6.45, 7) is 3.41. The zero-order chi connectivity index (χ0) is 16.8. The summed E-state index contributed by atoms with van der Waals surface area (Å²) in [5, 5.41) is 0. The van der Waals surface area contributed by atoms with Crippen LogP contribution >= 0.6 is 0 Å². The molecule has 0 saturated carbocycles. The topological polar surface area (TPSA) is 86.4 Å². The van der Waals surface area contributed by atoms with Crippen LogP contribution in [0.3, 0.4) is 0 Å². The molecule has 7 nitrogen and oxygen atoms in total. The van der Waals surface area contributed by atoms with Gasteiger partial charge in [-0.15, -0.1) is 0 Å². The fourth-order valence-corrected chi connectivity index (χ4v) is 2.86. The summed E-state index contributed by atoms with van der Waals surface area (Å²) in [5.74, 6) is 0.568. The Morgan fingerprint density at radius 3 is 2.88 bits per heavy atom. The first-order valence-corrected chi connectivity index (χ1v) is 8.12. The van der Waals surface area contributed by atoms with E-state index in [0.29, 0.717) is 11.8 Å². The number of aromatic nitrogens is 3. The third-order valence-electron chi connectivity index (χ3n) is 4.09. The lowest BCUT2D eigenvalue weighted by Crippen LogP contribution is -2.42. The predicted octanol–water partition coefficient (Wildman–Crippen LogP) is 1.30. The number of nitrogens with two attached hydrogens (primary N) is 1. The molecule has 3 rings (SSSR count). The minimum absolute atomic E-state index is 0.229. The van der Waals surface area contributed by atoms with Gasteiger partial charge in [0.1, 0.15) is 5.82 Å². The molecule has 0 spiro atoms. The molecule has 2 aromatic rings. The number of hydrogen-bond acceptors (Lipinski definition) is 7. The van der Waals surface area contributed by atoms with Crippen LogP contribution in [0.15, 0.2) is 30.7 Å². The van der Waals surface area contributed by atoms with E-state index in [9.17, 15) is 0 Å². The van der Waals surface area contributed by atoms with Crippen LogP contribution < -0.4 is 10.5 Å². The van der Waals surface area contributed by atoms with Crippen molar-refractivity contribution in [1.82, 2.24) is 19.9 Å². The first-order valence-electron chi connectivity index (χ1n) is 8.12. The van der Waals surface area contributed by atoms with Gasteiger partial charge in [0.25, 0.3) is 0 Å². The second-order valence-electron chi connectivity index (χ2n) is 5.93. The number of anilines is 1. The quantitative estimate of drug-likeness (QED) is 0.854. The first-order chi connectivity index (χ1) is 11.7. The smallest absolute Gasteiger partial charge is 0.316 e. The number of methoxy groups -OCH3 is 1. The number of rotatable bonds is 6. The molecule has 1 atom stereocenters. The summed E-state index contributed by atoms with van der Waals surface area (Å²) in [4.78, 5) is 14.7. The van der Waals surface area contributed by atoms with Crippen molar-refractivity contribution < 1.29 is 9.47 Å². The van der Waals surface area contributed by atoms with Crippen LogP contribution in [0.2, 0.25) is 0 Å². The summed E-state index contributed by atoms with van der Waals surface area (Å²) in [7, 11) is 1.57. The molecule has 0 bridgehead atoms.